The lowest BCUT2D eigenvalue weighted by Crippen LogP contribution is -1.91. The molecule has 16 heavy (non-hydrogen) atoms. The van der Waals surface area contributed by atoms with Gasteiger partial charge in [0.1, 0.15) is 0 Å². The summed E-state index contributed by atoms with van der Waals surface area (Å²) < 4.78 is 0. The van der Waals surface area contributed by atoms with E-state index in [-0.39, 0.29) is 0 Å². The van der Waals surface area contributed by atoms with Gasteiger partial charge in [-0.2, -0.15) is 0 Å². The molecular weight excluding hydrogens is 192 g/mol. The van der Waals surface area contributed by atoms with E-state index in [9.17, 15) is 0 Å². The van der Waals surface area contributed by atoms with E-state index in [2.05, 4.69) is 26.3 Å². The van der Waals surface area contributed by atoms with Crippen molar-refractivity contribution in [3.05, 3.63) is 85.1 Å². The van der Waals surface area contributed by atoms with Gasteiger partial charge >= 0.3 is 0 Å². The number of allylic oxidation sites excluding steroid dienone is 10. The minimum atomic E-state index is 1.07. The molecule has 0 bridgehead atoms. The van der Waals surface area contributed by atoms with Crippen molar-refractivity contribution in [1.29, 1.82) is 0 Å². The van der Waals surface area contributed by atoms with Crippen LogP contribution in [-0.2, 0) is 0 Å². The summed E-state index contributed by atoms with van der Waals surface area (Å²) in [5.41, 5.74) is 4.39. The molecule has 0 aromatic rings. The maximum absolute atomic E-state index is 3.84. The van der Waals surface area contributed by atoms with E-state index in [1.165, 1.54) is 0 Å². The van der Waals surface area contributed by atoms with E-state index in [0.717, 1.165) is 22.3 Å². The normalized spacial score (nSPS) is 13.9. The molecular formula is C16H20. The Morgan fingerprint density at radius 3 is 1.19 bits per heavy atom. The lowest BCUT2D eigenvalue weighted by molar-refractivity contribution is 1.33. The summed E-state index contributed by atoms with van der Waals surface area (Å²) in [6.45, 7) is 19.1. The monoisotopic (exact) mass is 212 g/mol. The van der Waals surface area contributed by atoms with Gasteiger partial charge in [-0.25, -0.2) is 0 Å². The average Bonchev–Trinajstić information content (AvgIpc) is 2.25. The van der Waals surface area contributed by atoms with Crippen molar-refractivity contribution in [1.82, 2.24) is 0 Å². The molecule has 0 fully saturated rings. The molecule has 0 nitrogen and oxygen atoms in total. The molecule has 0 unspecified atom stereocenters. The van der Waals surface area contributed by atoms with Gasteiger partial charge in [-0.3, -0.25) is 0 Å². The summed E-state index contributed by atoms with van der Waals surface area (Å²) in [5, 5.41) is 0. The van der Waals surface area contributed by atoms with Crippen LogP contribution in [0.25, 0.3) is 0 Å². The summed E-state index contributed by atoms with van der Waals surface area (Å²) in [6.07, 6.45) is 11.1. The number of hydrogen-bond acceptors (Lipinski definition) is 0. The molecule has 0 rings (SSSR count). The number of hydrogen-bond donors (Lipinski definition) is 0. The first-order valence-electron chi connectivity index (χ1n) is 5.20. The van der Waals surface area contributed by atoms with Crippen LogP contribution in [-0.4, -0.2) is 0 Å². The second-order valence-corrected chi connectivity index (χ2v) is 3.41. The molecule has 0 radical (unpaired) electrons. The quantitative estimate of drug-likeness (QED) is 0.548. The van der Waals surface area contributed by atoms with Crippen LogP contribution in [0.5, 0.6) is 0 Å². The minimum absolute atomic E-state index is 1.07. The lowest BCUT2D eigenvalue weighted by atomic mass is 9.95. The summed E-state index contributed by atoms with van der Waals surface area (Å²) in [6, 6.07) is 0. The zero-order valence-corrected chi connectivity index (χ0v) is 10.3. The minimum Gasteiger partial charge on any atom is -0.0991 e. The Morgan fingerprint density at radius 2 is 1.00 bits per heavy atom. The first-order valence-corrected chi connectivity index (χ1v) is 5.20. The van der Waals surface area contributed by atoms with Gasteiger partial charge in [0.05, 0.1) is 0 Å². The van der Waals surface area contributed by atoms with Crippen molar-refractivity contribution in [3.8, 4) is 0 Å². The standard InChI is InChI=1S/C16H20/c1-7-11-13(5)15(9-3)16(10-4)14(6)12-8-2/h7-12H,1-4H2,5-6H3/b13-11-,14-12-,16-15+. The van der Waals surface area contributed by atoms with Gasteiger partial charge < -0.3 is 0 Å². The van der Waals surface area contributed by atoms with E-state index in [0.29, 0.717) is 0 Å². The van der Waals surface area contributed by atoms with Gasteiger partial charge in [-0.05, 0) is 36.1 Å². The van der Waals surface area contributed by atoms with Gasteiger partial charge in [0, 0.05) is 0 Å². The van der Waals surface area contributed by atoms with Crippen molar-refractivity contribution >= 4 is 0 Å². The fourth-order valence-corrected chi connectivity index (χ4v) is 1.50. The second kappa shape index (κ2) is 7.47. The van der Waals surface area contributed by atoms with Gasteiger partial charge in [0.15, 0.2) is 0 Å². The highest BCUT2D eigenvalue weighted by Crippen LogP contribution is 2.22. The smallest absolute Gasteiger partial charge is 0.0158 e. The van der Waals surface area contributed by atoms with Crippen LogP contribution in [0.3, 0.4) is 0 Å². The molecule has 0 amide bonds. The van der Waals surface area contributed by atoms with Crippen LogP contribution < -0.4 is 0 Å². The van der Waals surface area contributed by atoms with Crippen molar-refractivity contribution < 1.29 is 0 Å². The van der Waals surface area contributed by atoms with Crippen LogP contribution in [0.15, 0.2) is 85.1 Å². The fourth-order valence-electron chi connectivity index (χ4n) is 1.50. The second-order valence-electron chi connectivity index (χ2n) is 3.41. The molecule has 0 aliphatic carbocycles. The predicted octanol–water partition coefficient (Wildman–Crippen LogP) is 4.92. The van der Waals surface area contributed by atoms with Crippen LogP contribution in [0.2, 0.25) is 0 Å². The Kier molecular flexibility index (Phi) is 6.62. The highest BCUT2D eigenvalue weighted by Gasteiger charge is 2.03. The van der Waals surface area contributed by atoms with Crippen molar-refractivity contribution in [2.24, 2.45) is 0 Å². The van der Waals surface area contributed by atoms with Gasteiger partial charge in [-0.1, -0.05) is 62.8 Å². The van der Waals surface area contributed by atoms with E-state index >= 15 is 0 Å². The maximum Gasteiger partial charge on any atom is -0.0158 e. The molecule has 0 aromatic heterocycles. The molecule has 0 aliphatic heterocycles. The molecule has 0 aliphatic rings. The van der Waals surface area contributed by atoms with Crippen LogP contribution in [0.4, 0.5) is 0 Å². The zero-order chi connectivity index (χ0) is 12.6. The summed E-state index contributed by atoms with van der Waals surface area (Å²) in [7, 11) is 0. The third-order valence-electron chi connectivity index (χ3n) is 2.28. The Morgan fingerprint density at radius 1 is 0.688 bits per heavy atom. The van der Waals surface area contributed by atoms with Crippen LogP contribution in [0, 0.1) is 0 Å². The highest BCUT2D eigenvalue weighted by atomic mass is 14.1. The van der Waals surface area contributed by atoms with Crippen LogP contribution >= 0.6 is 0 Å². The Balaban J connectivity index is 5.73. The largest absolute Gasteiger partial charge is 0.0991 e. The van der Waals surface area contributed by atoms with E-state index in [4.69, 9.17) is 0 Å². The summed E-state index contributed by atoms with van der Waals surface area (Å²) in [5.74, 6) is 0. The van der Waals surface area contributed by atoms with Crippen LogP contribution in [0.1, 0.15) is 13.8 Å². The SMILES string of the molecule is C=C\C=C(C)/C(C=C)=C(C=C)/C(C)=C\C=C. The Hall–Kier alpha value is -1.82. The summed E-state index contributed by atoms with van der Waals surface area (Å²) in [4.78, 5) is 0. The molecule has 0 heterocycles. The maximum atomic E-state index is 3.84. The third kappa shape index (κ3) is 3.74. The molecule has 0 saturated carbocycles. The molecule has 0 atom stereocenters. The van der Waals surface area contributed by atoms with Crippen molar-refractivity contribution in [2.45, 2.75) is 13.8 Å². The highest BCUT2D eigenvalue weighted by molar-refractivity contribution is 5.54. The molecule has 84 valence electrons. The fraction of sp³-hybridized carbons (Fsp3) is 0.125. The third-order valence-corrected chi connectivity index (χ3v) is 2.28. The van der Waals surface area contributed by atoms with E-state index < -0.39 is 0 Å². The molecule has 0 saturated heterocycles. The molecule has 0 N–H and O–H groups in total. The number of rotatable bonds is 6. The zero-order valence-electron chi connectivity index (χ0n) is 10.3. The molecule has 0 aromatic carbocycles. The molecule has 0 heteroatoms. The Labute approximate surface area is 99.4 Å². The van der Waals surface area contributed by atoms with Gasteiger partial charge in [0.2, 0.25) is 0 Å². The molecule has 0 spiro atoms. The van der Waals surface area contributed by atoms with E-state index in [1.54, 1.807) is 12.2 Å². The topological polar surface area (TPSA) is 0 Å². The van der Waals surface area contributed by atoms with E-state index in [1.807, 2.05) is 38.2 Å². The predicted molar refractivity (Wildman–Crippen MR) is 75.3 cm³/mol. The lowest BCUT2D eigenvalue weighted by Gasteiger charge is -2.10. The van der Waals surface area contributed by atoms with Gasteiger partial charge in [0.25, 0.3) is 0 Å². The Bertz CT molecular complexity index is 346. The first-order chi connectivity index (χ1) is 7.62. The summed E-state index contributed by atoms with van der Waals surface area (Å²) >= 11 is 0. The van der Waals surface area contributed by atoms with Crippen molar-refractivity contribution in [2.75, 3.05) is 0 Å². The first kappa shape index (κ1) is 14.2. The average molecular weight is 212 g/mol. The van der Waals surface area contributed by atoms with Gasteiger partial charge in [-0.15, -0.1) is 0 Å². The van der Waals surface area contributed by atoms with Crippen molar-refractivity contribution in [3.63, 3.8) is 0 Å².